The molecular weight excluding hydrogens is 704 g/mol. The van der Waals surface area contributed by atoms with Gasteiger partial charge in [-0.05, 0) is 90.3 Å². The molecule has 2 saturated heterocycles. The molecule has 4 aromatic rings. The van der Waals surface area contributed by atoms with Crippen molar-refractivity contribution in [3.63, 3.8) is 0 Å². The summed E-state index contributed by atoms with van der Waals surface area (Å²) < 4.78 is 15.3. The number of ether oxygens (including phenoxy) is 3. The van der Waals surface area contributed by atoms with Crippen molar-refractivity contribution in [1.82, 2.24) is 35.7 Å². The number of likely N-dealkylation sites (tertiary alicyclic amines) is 1. The Morgan fingerprint density at radius 2 is 1.56 bits per heavy atom. The van der Waals surface area contributed by atoms with Crippen molar-refractivity contribution in [2.24, 2.45) is 10.9 Å². The summed E-state index contributed by atoms with van der Waals surface area (Å²) in [6, 6.07) is 17.0. The van der Waals surface area contributed by atoms with E-state index in [0.29, 0.717) is 38.7 Å². The van der Waals surface area contributed by atoms with Gasteiger partial charge in [0, 0.05) is 19.6 Å². The van der Waals surface area contributed by atoms with Crippen molar-refractivity contribution in [3.8, 4) is 11.1 Å². The number of hydrogen-bond donors (Lipinski definition) is 4. The van der Waals surface area contributed by atoms with E-state index in [1.807, 2.05) is 11.0 Å². The number of methoxy groups -OCH3 is 2. The van der Waals surface area contributed by atoms with Crippen molar-refractivity contribution in [2.75, 3.05) is 47.1 Å². The lowest BCUT2D eigenvalue weighted by Gasteiger charge is -2.36. The predicted molar refractivity (Wildman–Crippen MR) is 204 cm³/mol. The molecule has 0 spiro atoms. The van der Waals surface area contributed by atoms with Gasteiger partial charge in [0.2, 0.25) is 11.8 Å². The Labute approximate surface area is 318 Å². The molecule has 0 bridgehead atoms. The Morgan fingerprint density at radius 3 is 2.33 bits per heavy atom. The largest absolute Gasteiger partial charge is 0.453 e. The van der Waals surface area contributed by atoms with Crippen LogP contribution in [0.5, 0.6) is 0 Å². The molecule has 3 aromatic carbocycles. The van der Waals surface area contributed by atoms with E-state index in [1.165, 1.54) is 14.2 Å². The van der Waals surface area contributed by atoms with Crippen LogP contribution in [0.3, 0.4) is 0 Å². The Morgan fingerprint density at radius 1 is 0.855 bits per heavy atom. The van der Waals surface area contributed by atoms with E-state index in [2.05, 4.69) is 74.2 Å². The number of rotatable bonds is 9. The molecule has 1 saturated carbocycles. The molecule has 4 N–H and O–H groups in total. The van der Waals surface area contributed by atoms with Crippen molar-refractivity contribution in [2.45, 2.75) is 62.9 Å². The number of carbonyl (C=O) groups excluding carboxylic acids is 4. The van der Waals surface area contributed by atoms with E-state index in [-0.39, 0.29) is 29.9 Å². The van der Waals surface area contributed by atoms with Crippen molar-refractivity contribution in [3.05, 3.63) is 66.0 Å². The second kappa shape index (κ2) is 15.3. The number of H-pyrrole nitrogens is 1. The van der Waals surface area contributed by atoms with Gasteiger partial charge in [0.05, 0.1) is 50.2 Å². The van der Waals surface area contributed by atoms with E-state index < -0.39 is 30.3 Å². The number of nitrogens with zero attached hydrogens (tertiary/aromatic N) is 4. The van der Waals surface area contributed by atoms with E-state index >= 15 is 0 Å². The SMILES string of the molecule is COC(=O)NC(C)C(=O)N1CCCC1C1N=C(c2ccc3cc(-c4ccc5nc(C6COCCN6C(=O)C(NC(=O)OC)C6CC6)[nH]c5c4)ccc3c2)CN1. The highest BCUT2D eigenvalue weighted by Gasteiger charge is 2.43. The Bertz CT molecular complexity index is 2170. The fourth-order valence-corrected chi connectivity index (χ4v) is 8.04. The van der Waals surface area contributed by atoms with Gasteiger partial charge in [-0.2, -0.15) is 0 Å². The van der Waals surface area contributed by atoms with Crippen molar-refractivity contribution < 1.29 is 33.4 Å². The molecule has 0 radical (unpaired) electrons. The number of nitrogens with one attached hydrogen (secondary N) is 4. The normalized spacial score (nSPS) is 22.3. The summed E-state index contributed by atoms with van der Waals surface area (Å²) in [5.41, 5.74) is 5.70. The monoisotopic (exact) mass is 750 g/mol. The summed E-state index contributed by atoms with van der Waals surface area (Å²) in [7, 11) is 2.58. The quantitative estimate of drug-likeness (QED) is 0.198. The lowest BCUT2D eigenvalue weighted by molar-refractivity contribution is -0.143. The highest BCUT2D eigenvalue weighted by Crippen LogP contribution is 2.36. The topological polar surface area (TPSA) is 180 Å². The standard InChI is InChI=1S/C40H46N8O7/c1-22(42-39(51)53-2)37(49)47-14-4-5-32(47)35-41-20-31(45-35)28-11-10-24-17-25(8-9-26(24)18-28)27-12-13-29-30(19-27)44-36(43-29)33-21-55-16-15-48(33)38(50)34(23-6-7-23)46-40(52)54-3/h8-13,17-19,22-23,32-35,41H,4-7,14-16,20-21H2,1-3H3,(H,42,51)(H,43,44)(H,46,52). The second-order valence-electron chi connectivity index (χ2n) is 14.7. The maximum absolute atomic E-state index is 13.8. The van der Waals surface area contributed by atoms with Gasteiger partial charge in [0.15, 0.2) is 0 Å². The zero-order valence-electron chi connectivity index (χ0n) is 31.2. The molecule has 3 fully saturated rings. The molecule has 15 heteroatoms. The number of aromatic amines is 1. The molecule has 288 valence electrons. The highest BCUT2D eigenvalue weighted by atomic mass is 16.5. The van der Waals surface area contributed by atoms with Gasteiger partial charge < -0.3 is 39.6 Å². The first-order valence-corrected chi connectivity index (χ1v) is 18.9. The number of hydrogen-bond acceptors (Lipinski definition) is 10. The minimum atomic E-state index is -0.689. The summed E-state index contributed by atoms with van der Waals surface area (Å²) in [4.78, 5) is 67.6. The van der Waals surface area contributed by atoms with Gasteiger partial charge in [-0.3, -0.25) is 19.9 Å². The minimum absolute atomic E-state index is 0.0920. The Balaban J connectivity index is 0.974. The van der Waals surface area contributed by atoms with Gasteiger partial charge >= 0.3 is 12.2 Å². The first kappa shape index (κ1) is 36.4. The number of alkyl carbamates (subject to hydrolysis) is 2. The molecule has 4 heterocycles. The lowest BCUT2D eigenvalue weighted by atomic mass is 9.98. The van der Waals surface area contributed by atoms with E-state index in [4.69, 9.17) is 19.5 Å². The lowest BCUT2D eigenvalue weighted by Crippen LogP contribution is -2.54. The van der Waals surface area contributed by atoms with Gasteiger partial charge in [0.1, 0.15) is 30.1 Å². The van der Waals surface area contributed by atoms with Gasteiger partial charge in [-0.1, -0.05) is 30.3 Å². The predicted octanol–water partition coefficient (Wildman–Crippen LogP) is 3.87. The van der Waals surface area contributed by atoms with Crippen LogP contribution in [-0.4, -0.2) is 121 Å². The molecular formula is C40H46N8O7. The number of aliphatic imine (C=N–C) groups is 1. The van der Waals surface area contributed by atoms with Gasteiger partial charge in [0.25, 0.3) is 0 Å². The third kappa shape index (κ3) is 7.45. The average Bonchev–Trinajstić information content (AvgIpc) is 3.55. The highest BCUT2D eigenvalue weighted by molar-refractivity contribution is 6.06. The fourth-order valence-electron chi connectivity index (χ4n) is 8.04. The van der Waals surface area contributed by atoms with E-state index in [1.54, 1.807) is 11.8 Å². The third-order valence-corrected chi connectivity index (χ3v) is 11.2. The van der Waals surface area contributed by atoms with Gasteiger partial charge in [-0.25, -0.2) is 14.6 Å². The zero-order chi connectivity index (χ0) is 38.2. The third-order valence-electron chi connectivity index (χ3n) is 11.2. The summed E-state index contributed by atoms with van der Waals surface area (Å²) in [6.45, 7) is 4.01. The second-order valence-corrected chi connectivity index (χ2v) is 14.7. The minimum Gasteiger partial charge on any atom is -0.453 e. The molecule has 4 amide bonds. The number of amides is 4. The zero-order valence-corrected chi connectivity index (χ0v) is 31.2. The first-order chi connectivity index (χ1) is 26.7. The van der Waals surface area contributed by atoms with E-state index in [0.717, 1.165) is 69.9 Å². The van der Waals surface area contributed by atoms with Crippen LogP contribution in [-0.2, 0) is 23.8 Å². The van der Waals surface area contributed by atoms with Crippen LogP contribution in [0, 0.1) is 5.92 Å². The van der Waals surface area contributed by atoms with Crippen LogP contribution in [0.1, 0.15) is 50.0 Å². The first-order valence-electron chi connectivity index (χ1n) is 18.9. The molecule has 1 aromatic heterocycles. The molecule has 15 nitrogen and oxygen atoms in total. The van der Waals surface area contributed by atoms with Crippen molar-refractivity contribution in [1.29, 1.82) is 0 Å². The van der Waals surface area contributed by atoms with Crippen molar-refractivity contribution >= 4 is 51.5 Å². The molecule has 5 unspecified atom stereocenters. The van der Waals surface area contributed by atoms with Crippen LogP contribution in [0.25, 0.3) is 32.9 Å². The number of benzene rings is 3. The smallest absolute Gasteiger partial charge is 0.407 e. The molecule has 1 aliphatic carbocycles. The molecule has 4 aliphatic rings. The Hall–Kier alpha value is -5.54. The maximum Gasteiger partial charge on any atom is 0.407 e. The number of aromatic nitrogens is 2. The van der Waals surface area contributed by atoms with Crippen LogP contribution in [0.2, 0.25) is 0 Å². The van der Waals surface area contributed by atoms with Crippen LogP contribution in [0.15, 0.2) is 59.6 Å². The molecule has 5 atom stereocenters. The van der Waals surface area contributed by atoms with Crippen LogP contribution in [0.4, 0.5) is 9.59 Å². The average molecular weight is 751 g/mol. The molecule has 3 aliphatic heterocycles. The summed E-state index contributed by atoms with van der Waals surface area (Å²) in [6.07, 6.45) is 2.02. The summed E-state index contributed by atoms with van der Waals surface area (Å²) in [5.74, 6) is 0.454. The van der Waals surface area contributed by atoms with Gasteiger partial charge in [-0.15, -0.1) is 0 Å². The van der Waals surface area contributed by atoms with Crippen LogP contribution < -0.4 is 16.0 Å². The maximum atomic E-state index is 13.8. The molecule has 8 rings (SSSR count). The fraction of sp³-hybridized carbons (Fsp3) is 0.450. The summed E-state index contributed by atoms with van der Waals surface area (Å²) >= 11 is 0. The van der Waals surface area contributed by atoms with Crippen LogP contribution >= 0.6 is 0 Å². The number of imidazole rings is 1. The number of morpholine rings is 1. The van der Waals surface area contributed by atoms with E-state index in [9.17, 15) is 19.2 Å². The number of carbonyl (C=O) groups is 4. The molecule has 55 heavy (non-hydrogen) atoms. The number of fused-ring (bicyclic) bond motifs is 2. The Kier molecular flexibility index (Phi) is 10.1. The summed E-state index contributed by atoms with van der Waals surface area (Å²) in [5, 5.41) is 11.0.